The number of nitrogens with two attached hydrogens (primary N) is 1. The van der Waals surface area contributed by atoms with Gasteiger partial charge in [0.05, 0.1) is 10.9 Å². The van der Waals surface area contributed by atoms with Crippen molar-refractivity contribution in [2.45, 2.75) is 6.92 Å². The van der Waals surface area contributed by atoms with Crippen LogP contribution in [0.5, 0.6) is 17.6 Å². The Balaban J connectivity index is 1.76. The van der Waals surface area contributed by atoms with Crippen LogP contribution in [0.2, 0.25) is 5.02 Å². The van der Waals surface area contributed by atoms with Gasteiger partial charge in [-0.25, -0.2) is 4.98 Å². The topological polar surface area (TPSA) is 142 Å². The normalized spacial score (nSPS) is 13.8. The Bertz CT molecular complexity index is 1270. The Morgan fingerprint density at radius 1 is 1.33 bits per heavy atom. The number of aromatic hydroxyl groups is 1. The van der Waals surface area contributed by atoms with Crippen molar-refractivity contribution >= 4 is 46.1 Å². The first-order valence-electron chi connectivity index (χ1n) is 10.1. The van der Waals surface area contributed by atoms with E-state index in [1.165, 1.54) is 6.08 Å². The van der Waals surface area contributed by atoms with E-state index < -0.39 is 6.01 Å². The van der Waals surface area contributed by atoms with Crippen LogP contribution < -0.4 is 15.4 Å². The van der Waals surface area contributed by atoms with Gasteiger partial charge in [-0.05, 0) is 25.1 Å². The van der Waals surface area contributed by atoms with Crippen molar-refractivity contribution in [3.63, 3.8) is 0 Å². The molecule has 1 amide bonds. The Hall–Kier alpha value is -3.92. The third-order valence-corrected chi connectivity index (χ3v) is 5.89. The number of halogens is 1. The van der Waals surface area contributed by atoms with Gasteiger partial charge in [0.2, 0.25) is 11.8 Å². The maximum Gasteiger partial charge on any atom is 0.316 e. The number of rotatable bonds is 5. The summed E-state index contributed by atoms with van der Waals surface area (Å²) in [5.74, 6) is 0.777. The molecule has 0 spiro atoms. The number of benzene rings is 1. The SMILES string of the molecule is C=CC(=O)N1CCN(c2nc(O)nc3c(Oc4c(C)c(Cl)cc(N)c4C=N)nccc23)CC1. The number of fused-ring (bicyclic) bond motifs is 1. The van der Waals surface area contributed by atoms with E-state index in [0.29, 0.717) is 64.7 Å². The number of carbonyl (C=O) groups excluding carboxylic acids is 1. The van der Waals surface area contributed by atoms with Crippen molar-refractivity contribution in [1.29, 1.82) is 5.41 Å². The quantitative estimate of drug-likeness (QED) is 0.295. The van der Waals surface area contributed by atoms with Crippen molar-refractivity contribution in [1.82, 2.24) is 19.9 Å². The highest BCUT2D eigenvalue weighted by Gasteiger charge is 2.24. The molecule has 0 atom stereocenters. The van der Waals surface area contributed by atoms with E-state index in [-0.39, 0.29) is 17.5 Å². The lowest BCUT2D eigenvalue weighted by Gasteiger charge is -2.35. The van der Waals surface area contributed by atoms with Crippen molar-refractivity contribution in [3.05, 3.63) is 47.1 Å². The average Bonchev–Trinajstić information content (AvgIpc) is 2.82. The summed E-state index contributed by atoms with van der Waals surface area (Å²) in [5, 5.41) is 19.0. The van der Waals surface area contributed by atoms with E-state index in [9.17, 15) is 9.90 Å². The van der Waals surface area contributed by atoms with Crippen LogP contribution in [0.1, 0.15) is 11.1 Å². The molecule has 1 aliphatic rings. The first-order valence-corrected chi connectivity index (χ1v) is 10.5. The number of pyridine rings is 1. The number of piperazine rings is 1. The number of ether oxygens (including phenoxy) is 1. The average molecular weight is 468 g/mol. The van der Waals surface area contributed by atoms with Gasteiger partial charge in [0.25, 0.3) is 0 Å². The Morgan fingerprint density at radius 3 is 2.73 bits per heavy atom. The summed E-state index contributed by atoms with van der Waals surface area (Å²) in [4.78, 5) is 28.2. The van der Waals surface area contributed by atoms with Gasteiger partial charge in [-0.15, -0.1) is 0 Å². The molecule has 10 nitrogen and oxygen atoms in total. The highest BCUT2D eigenvalue weighted by Crippen LogP contribution is 2.38. The minimum atomic E-state index is -0.436. The number of nitrogen functional groups attached to an aromatic ring is 1. The van der Waals surface area contributed by atoms with Crippen LogP contribution >= 0.6 is 11.6 Å². The maximum absolute atomic E-state index is 11.9. The van der Waals surface area contributed by atoms with Crippen LogP contribution in [0.4, 0.5) is 11.5 Å². The van der Waals surface area contributed by atoms with Gasteiger partial charge in [-0.3, -0.25) is 4.79 Å². The van der Waals surface area contributed by atoms with Gasteiger partial charge < -0.3 is 30.8 Å². The zero-order valence-electron chi connectivity index (χ0n) is 17.9. The van der Waals surface area contributed by atoms with Gasteiger partial charge in [0.15, 0.2) is 0 Å². The van der Waals surface area contributed by atoms with Crippen molar-refractivity contribution in [2.24, 2.45) is 0 Å². The molecule has 0 saturated carbocycles. The van der Waals surface area contributed by atoms with E-state index in [1.807, 2.05) is 4.90 Å². The lowest BCUT2D eigenvalue weighted by molar-refractivity contribution is -0.126. The molecule has 170 valence electrons. The highest BCUT2D eigenvalue weighted by molar-refractivity contribution is 6.32. The van der Waals surface area contributed by atoms with Crippen LogP contribution in [-0.4, -0.2) is 63.3 Å². The molecular formula is C22H22ClN7O3. The van der Waals surface area contributed by atoms with Crippen molar-refractivity contribution in [2.75, 3.05) is 36.8 Å². The fraction of sp³-hybridized carbons (Fsp3) is 0.227. The Labute approximate surface area is 194 Å². The lowest BCUT2D eigenvalue weighted by Crippen LogP contribution is -2.48. The molecule has 3 heterocycles. The number of aromatic nitrogens is 3. The van der Waals surface area contributed by atoms with Crippen LogP contribution in [-0.2, 0) is 4.79 Å². The number of hydrogen-bond acceptors (Lipinski definition) is 9. The first-order chi connectivity index (χ1) is 15.8. The predicted molar refractivity (Wildman–Crippen MR) is 127 cm³/mol. The molecule has 1 aromatic carbocycles. The molecule has 0 aliphatic carbocycles. The summed E-state index contributed by atoms with van der Waals surface area (Å²) in [5.41, 5.74) is 7.54. The van der Waals surface area contributed by atoms with E-state index in [0.717, 1.165) is 6.21 Å². The number of amides is 1. The van der Waals surface area contributed by atoms with Crippen LogP contribution in [0.25, 0.3) is 10.9 Å². The molecule has 1 aliphatic heterocycles. The van der Waals surface area contributed by atoms with Gasteiger partial charge in [-0.2, -0.15) is 9.97 Å². The van der Waals surface area contributed by atoms with Crippen LogP contribution in [0.15, 0.2) is 31.0 Å². The third-order valence-electron chi connectivity index (χ3n) is 5.49. The third kappa shape index (κ3) is 4.12. The number of anilines is 2. The highest BCUT2D eigenvalue weighted by atomic mass is 35.5. The predicted octanol–water partition coefficient (Wildman–Crippen LogP) is 2.90. The molecule has 1 saturated heterocycles. The molecule has 0 radical (unpaired) electrons. The molecule has 3 aromatic rings. The number of carbonyl (C=O) groups is 1. The molecule has 2 aromatic heterocycles. The minimum absolute atomic E-state index is 0.111. The van der Waals surface area contributed by atoms with Gasteiger partial charge in [0.1, 0.15) is 17.1 Å². The lowest BCUT2D eigenvalue weighted by atomic mass is 10.1. The summed E-state index contributed by atoms with van der Waals surface area (Å²) in [7, 11) is 0. The number of nitrogens with zero attached hydrogens (tertiary/aromatic N) is 5. The monoisotopic (exact) mass is 467 g/mol. The second-order valence-electron chi connectivity index (χ2n) is 7.44. The molecule has 0 bridgehead atoms. The van der Waals surface area contributed by atoms with Crippen molar-refractivity contribution < 1.29 is 14.6 Å². The first kappa shape index (κ1) is 22.3. The molecule has 4 rings (SSSR count). The summed E-state index contributed by atoms with van der Waals surface area (Å²) in [6.45, 7) is 7.31. The number of nitrogens with one attached hydrogen (secondary N) is 1. The van der Waals surface area contributed by atoms with E-state index in [1.54, 1.807) is 30.2 Å². The van der Waals surface area contributed by atoms with E-state index in [4.69, 9.17) is 27.5 Å². The van der Waals surface area contributed by atoms with Crippen LogP contribution in [0, 0.1) is 12.3 Å². The summed E-state index contributed by atoms with van der Waals surface area (Å²) in [6.07, 6.45) is 3.93. The Kier molecular flexibility index (Phi) is 6.01. The summed E-state index contributed by atoms with van der Waals surface area (Å²) >= 11 is 6.27. The number of hydrogen-bond donors (Lipinski definition) is 3. The maximum atomic E-state index is 11.9. The van der Waals surface area contributed by atoms with Crippen molar-refractivity contribution in [3.8, 4) is 17.6 Å². The van der Waals surface area contributed by atoms with E-state index in [2.05, 4.69) is 21.5 Å². The second-order valence-corrected chi connectivity index (χ2v) is 7.84. The molecule has 0 unspecified atom stereocenters. The smallest absolute Gasteiger partial charge is 0.316 e. The fourth-order valence-electron chi connectivity index (χ4n) is 3.73. The summed E-state index contributed by atoms with van der Waals surface area (Å²) in [6, 6.07) is 2.85. The second kappa shape index (κ2) is 8.91. The molecule has 1 fully saturated rings. The van der Waals surface area contributed by atoms with Gasteiger partial charge in [-0.1, -0.05) is 18.2 Å². The van der Waals surface area contributed by atoms with Gasteiger partial charge >= 0.3 is 6.01 Å². The molecule has 33 heavy (non-hydrogen) atoms. The molecule has 11 heteroatoms. The Morgan fingerprint density at radius 2 is 2.06 bits per heavy atom. The molecular weight excluding hydrogens is 446 g/mol. The molecule has 4 N–H and O–H groups in total. The minimum Gasteiger partial charge on any atom is -0.479 e. The zero-order chi connectivity index (χ0) is 23.7. The zero-order valence-corrected chi connectivity index (χ0v) is 18.6. The standard InChI is InChI=1S/C22H22ClN7O3/c1-3-17(31)29-6-8-30(9-7-29)20-13-4-5-26-21(18(13)27-22(32)28-20)33-19-12(2)15(23)10-16(25)14(19)11-24/h3-5,10-11,24H,1,6-9,25H2,2H3,(H,27,28,32). The van der Waals surface area contributed by atoms with Gasteiger partial charge in [0, 0.05) is 54.9 Å². The summed E-state index contributed by atoms with van der Waals surface area (Å²) < 4.78 is 6.06. The van der Waals surface area contributed by atoms with Crippen LogP contribution in [0.3, 0.4) is 0 Å². The fourth-order valence-corrected chi connectivity index (χ4v) is 3.93. The van der Waals surface area contributed by atoms with E-state index >= 15 is 0 Å². The largest absolute Gasteiger partial charge is 0.479 e.